The predicted molar refractivity (Wildman–Crippen MR) is 51.7 cm³/mol. The molecule has 0 saturated carbocycles. The summed E-state index contributed by atoms with van der Waals surface area (Å²) in [7, 11) is 0. The lowest BCUT2D eigenvalue weighted by molar-refractivity contribution is -0.0427. The largest absolute Gasteiger partial charge is 0.381 e. The number of rotatable bonds is 2. The molecule has 0 amide bonds. The SMILES string of the molecule is Cc1cccc(C(O)C(F)(F)Cl)c1C. The van der Waals surface area contributed by atoms with Crippen molar-refractivity contribution in [3.63, 3.8) is 0 Å². The lowest BCUT2D eigenvalue weighted by Gasteiger charge is -2.19. The average Bonchev–Trinajstić information content (AvgIpc) is 2.07. The summed E-state index contributed by atoms with van der Waals surface area (Å²) in [4.78, 5) is 0. The normalized spacial score (nSPS) is 14.1. The summed E-state index contributed by atoms with van der Waals surface area (Å²) in [5, 5.41) is 5.65. The van der Waals surface area contributed by atoms with E-state index in [0.717, 1.165) is 5.56 Å². The molecule has 0 aliphatic carbocycles. The Labute approximate surface area is 86.3 Å². The Morgan fingerprint density at radius 2 is 1.93 bits per heavy atom. The zero-order valence-corrected chi connectivity index (χ0v) is 8.65. The van der Waals surface area contributed by atoms with Crippen molar-refractivity contribution in [3.8, 4) is 0 Å². The molecule has 1 atom stereocenters. The van der Waals surface area contributed by atoms with Crippen LogP contribution in [0.3, 0.4) is 0 Å². The summed E-state index contributed by atoms with van der Waals surface area (Å²) >= 11 is 4.76. The number of aryl methyl sites for hydroxylation is 1. The molecule has 0 spiro atoms. The molecule has 0 saturated heterocycles. The summed E-state index contributed by atoms with van der Waals surface area (Å²) in [6, 6.07) is 4.85. The summed E-state index contributed by atoms with van der Waals surface area (Å²) in [6.45, 7) is 3.47. The van der Waals surface area contributed by atoms with Gasteiger partial charge < -0.3 is 5.11 Å². The van der Waals surface area contributed by atoms with Gasteiger partial charge in [-0.05, 0) is 42.1 Å². The Balaban J connectivity index is 3.14. The Bertz CT molecular complexity index is 333. The minimum atomic E-state index is -3.63. The van der Waals surface area contributed by atoms with E-state index >= 15 is 0 Å². The van der Waals surface area contributed by atoms with Crippen molar-refractivity contribution in [1.29, 1.82) is 0 Å². The summed E-state index contributed by atoms with van der Waals surface area (Å²) in [6.07, 6.45) is -1.95. The summed E-state index contributed by atoms with van der Waals surface area (Å²) < 4.78 is 25.3. The zero-order valence-electron chi connectivity index (χ0n) is 7.89. The predicted octanol–water partition coefficient (Wildman–Crippen LogP) is 3.17. The van der Waals surface area contributed by atoms with Crippen molar-refractivity contribution < 1.29 is 13.9 Å². The third-order valence-corrected chi connectivity index (χ3v) is 2.46. The first-order chi connectivity index (χ1) is 6.34. The Morgan fingerprint density at radius 1 is 1.36 bits per heavy atom. The minimum Gasteiger partial charge on any atom is -0.381 e. The van der Waals surface area contributed by atoms with Crippen LogP contribution in [-0.4, -0.2) is 10.5 Å². The van der Waals surface area contributed by atoms with Crippen LogP contribution in [0.4, 0.5) is 8.78 Å². The van der Waals surface area contributed by atoms with Crippen LogP contribution in [0.2, 0.25) is 0 Å². The fraction of sp³-hybridized carbons (Fsp3) is 0.400. The first-order valence-corrected chi connectivity index (χ1v) is 4.52. The van der Waals surface area contributed by atoms with Gasteiger partial charge in [0, 0.05) is 0 Å². The van der Waals surface area contributed by atoms with Gasteiger partial charge in [-0.1, -0.05) is 18.2 Å². The van der Waals surface area contributed by atoms with Crippen molar-refractivity contribution in [2.75, 3.05) is 0 Å². The molecule has 78 valence electrons. The maximum Gasteiger partial charge on any atom is 0.351 e. The monoisotopic (exact) mass is 220 g/mol. The smallest absolute Gasteiger partial charge is 0.351 e. The van der Waals surface area contributed by atoms with E-state index in [1.165, 1.54) is 6.07 Å². The van der Waals surface area contributed by atoms with Crippen LogP contribution in [0, 0.1) is 13.8 Å². The molecule has 14 heavy (non-hydrogen) atoms. The van der Waals surface area contributed by atoms with E-state index in [4.69, 9.17) is 11.6 Å². The number of hydrogen-bond donors (Lipinski definition) is 1. The Hall–Kier alpha value is -0.670. The molecule has 1 unspecified atom stereocenters. The van der Waals surface area contributed by atoms with E-state index < -0.39 is 11.5 Å². The third-order valence-electron chi connectivity index (χ3n) is 2.25. The molecule has 1 nitrogen and oxygen atoms in total. The molecule has 1 rings (SSSR count). The van der Waals surface area contributed by atoms with Gasteiger partial charge in [-0.15, -0.1) is 0 Å². The molecule has 0 heterocycles. The van der Waals surface area contributed by atoms with E-state index in [1.54, 1.807) is 26.0 Å². The quantitative estimate of drug-likeness (QED) is 0.759. The number of aliphatic hydroxyl groups is 1. The second-order valence-corrected chi connectivity index (χ2v) is 3.74. The molecule has 0 radical (unpaired) electrons. The highest BCUT2D eigenvalue weighted by molar-refractivity contribution is 6.22. The standard InChI is InChI=1S/C10H11ClF2O/c1-6-4-3-5-8(7(6)2)9(14)10(11,12)13/h3-5,9,14H,1-2H3. The maximum absolute atomic E-state index is 12.6. The summed E-state index contributed by atoms with van der Waals surface area (Å²) in [5.74, 6) is 0. The lowest BCUT2D eigenvalue weighted by atomic mass is 9.99. The highest BCUT2D eigenvalue weighted by Gasteiger charge is 2.37. The molecule has 1 N–H and O–H groups in total. The van der Waals surface area contributed by atoms with E-state index in [1.807, 2.05) is 0 Å². The van der Waals surface area contributed by atoms with Crippen molar-refractivity contribution in [2.45, 2.75) is 25.3 Å². The molecule has 0 aliphatic rings. The highest BCUT2D eigenvalue weighted by atomic mass is 35.5. The van der Waals surface area contributed by atoms with Gasteiger partial charge in [0.15, 0.2) is 6.10 Å². The molecule has 1 aromatic carbocycles. The van der Waals surface area contributed by atoms with Crippen LogP contribution in [-0.2, 0) is 0 Å². The number of benzene rings is 1. The van der Waals surface area contributed by atoms with Gasteiger partial charge in [0.1, 0.15) is 0 Å². The van der Waals surface area contributed by atoms with Crippen LogP contribution >= 0.6 is 11.6 Å². The van der Waals surface area contributed by atoms with E-state index in [-0.39, 0.29) is 5.56 Å². The number of hydrogen-bond acceptors (Lipinski definition) is 1. The second kappa shape index (κ2) is 3.83. The van der Waals surface area contributed by atoms with Gasteiger partial charge in [0.2, 0.25) is 0 Å². The molecular formula is C10H11ClF2O. The van der Waals surface area contributed by atoms with Gasteiger partial charge in [-0.3, -0.25) is 0 Å². The van der Waals surface area contributed by atoms with Crippen LogP contribution in [0.5, 0.6) is 0 Å². The molecule has 1 aromatic rings. The molecule has 0 fully saturated rings. The van der Waals surface area contributed by atoms with Gasteiger partial charge in [0.25, 0.3) is 0 Å². The Kier molecular flexibility index (Phi) is 3.12. The van der Waals surface area contributed by atoms with Crippen molar-refractivity contribution in [3.05, 3.63) is 34.9 Å². The molecule has 4 heteroatoms. The van der Waals surface area contributed by atoms with Gasteiger partial charge >= 0.3 is 5.38 Å². The first-order valence-electron chi connectivity index (χ1n) is 4.15. The van der Waals surface area contributed by atoms with Gasteiger partial charge in [-0.2, -0.15) is 8.78 Å². The minimum absolute atomic E-state index is 0.171. The average molecular weight is 221 g/mol. The number of alkyl halides is 3. The molecular weight excluding hydrogens is 210 g/mol. The number of aliphatic hydroxyl groups excluding tert-OH is 1. The highest BCUT2D eigenvalue weighted by Crippen LogP contribution is 2.36. The molecule has 0 bridgehead atoms. The van der Waals surface area contributed by atoms with Gasteiger partial charge in [-0.25, -0.2) is 0 Å². The Morgan fingerprint density at radius 3 is 2.43 bits per heavy atom. The number of halogens is 3. The third kappa shape index (κ3) is 2.22. The summed E-state index contributed by atoms with van der Waals surface area (Å²) in [5.41, 5.74) is 1.66. The lowest BCUT2D eigenvalue weighted by Crippen LogP contribution is -2.20. The van der Waals surface area contributed by atoms with Crippen molar-refractivity contribution in [2.24, 2.45) is 0 Å². The fourth-order valence-electron chi connectivity index (χ4n) is 1.25. The first kappa shape index (κ1) is 11.4. The second-order valence-electron chi connectivity index (χ2n) is 3.23. The van der Waals surface area contributed by atoms with Gasteiger partial charge in [0.05, 0.1) is 0 Å². The van der Waals surface area contributed by atoms with Crippen LogP contribution in [0.15, 0.2) is 18.2 Å². The zero-order chi connectivity index (χ0) is 10.9. The van der Waals surface area contributed by atoms with Crippen LogP contribution < -0.4 is 0 Å². The van der Waals surface area contributed by atoms with Crippen LogP contribution in [0.25, 0.3) is 0 Å². The van der Waals surface area contributed by atoms with Crippen LogP contribution in [0.1, 0.15) is 22.8 Å². The topological polar surface area (TPSA) is 20.2 Å². The molecule has 0 aromatic heterocycles. The van der Waals surface area contributed by atoms with E-state index in [2.05, 4.69) is 0 Å². The fourth-order valence-corrected chi connectivity index (χ4v) is 1.36. The molecule has 0 aliphatic heterocycles. The van der Waals surface area contributed by atoms with E-state index in [0.29, 0.717) is 5.56 Å². The van der Waals surface area contributed by atoms with Crippen molar-refractivity contribution in [1.82, 2.24) is 0 Å². The van der Waals surface area contributed by atoms with E-state index in [9.17, 15) is 13.9 Å². The van der Waals surface area contributed by atoms with Crippen molar-refractivity contribution >= 4 is 11.6 Å². The maximum atomic E-state index is 12.6.